The Hall–Kier alpha value is -4.68. The summed E-state index contributed by atoms with van der Waals surface area (Å²) >= 11 is 0. The molecular formula is C38H40F3N3O6. The van der Waals surface area contributed by atoms with Gasteiger partial charge in [0.1, 0.15) is 0 Å². The van der Waals surface area contributed by atoms with Gasteiger partial charge in [-0.05, 0) is 66.5 Å². The van der Waals surface area contributed by atoms with Crippen LogP contribution in [0.3, 0.4) is 0 Å². The molecule has 3 aliphatic rings. The summed E-state index contributed by atoms with van der Waals surface area (Å²) in [5.74, 6) is -5.87. The van der Waals surface area contributed by atoms with Crippen LogP contribution in [0.5, 0.6) is 5.75 Å². The average Bonchev–Trinajstić information content (AvgIpc) is 3.94. The molecule has 3 aromatic rings. The number of carboxylic acids is 1. The summed E-state index contributed by atoms with van der Waals surface area (Å²) in [6, 6.07) is 18.6. The third-order valence-electron chi connectivity index (χ3n) is 9.41. The zero-order chi connectivity index (χ0) is 35.4. The predicted octanol–water partition coefficient (Wildman–Crippen LogP) is 4.86. The number of aryl methyl sites for hydroxylation is 1. The Morgan fingerprint density at radius 2 is 1.64 bits per heavy atom. The summed E-state index contributed by atoms with van der Waals surface area (Å²) in [4.78, 5) is 42.4. The summed E-state index contributed by atoms with van der Waals surface area (Å²) in [6.07, 6.45) is 1.11. The topological polar surface area (TPSA) is 119 Å². The molecule has 0 aromatic heterocycles. The molecule has 50 heavy (non-hydrogen) atoms. The van der Waals surface area contributed by atoms with Crippen LogP contribution in [0.15, 0.2) is 72.3 Å². The number of piperazine rings is 1. The van der Waals surface area contributed by atoms with Gasteiger partial charge in [-0.1, -0.05) is 54.6 Å². The highest BCUT2D eigenvalue weighted by atomic mass is 19.2. The molecule has 3 N–H and O–H groups in total. The van der Waals surface area contributed by atoms with Crippen LogP contribution in [0.25, 0.3) is 5.57 Å². The van der Waals surface area contributed by atoms with E-state index in [0.717, 1.165) is 41.2 Å². The van der Waals surface area contributed by atoms with Crippen molar-refractivity contribution in [3.8, 4) is 5.75 Å². The van der Waals surface area contributed by atoms with Crippen molar-refractivity contribution in [3.05, 3.63) is 106 Å². The number of amides is 2. The molecule has 1 saturated carbocycles. The summed E-state index contributed by atoms with van der Waals surface area (Å²) in [5.41, 5.74) is 4.32. The number of carbonyl (C=O) groups is 3. The Bertz CT molecular complexity index is 1750. The first-order chi connectivity index (χ1) is 24.1. The van der Waals surface area contributed by atoms with Crippen molar-refractivity contribution in [2.75, 3.05) is 19.7 Å². The van der Waals surface area contributed by atoms with Crippen LogP contribution in [0, 0.1) is 17.5 Å². The fourth-order valence-electron chi connectivity index (χ4n) is 6.83. The molecule has 2 fully saturated rings. The minimum absolute atomic E-state index is 0.0150. The maximum atomic E-state index is 14.6. The molecular weight excluding hydrogens is 651 g/mol. The minimum Gasteiger partial charge on any atom is -0.488 e. The third kappa shape index (κ3) is 8.36. The van der Waals surface area contributed by atoms with Crippen molar-refractivity contribution in [2.45, 2.75) is 75.7 Å². The van der Waals surface area contributed by atoms with Gasteiger partial charge in [0.05, 0.1) is 31.6 Å². The number of rotatable bonds is 14. The van der Waals surface area contributed by atoms with E-state index in [2.05, 4.69) is 5.32 Å². The number of fused-ring (bicyclic) bond motifs is 2. The molecule has 1 saturated heterocycles. The molecule has 12 heteroatoms. The molecule has 0 radical (unpaired) electrons. The van der Waals surface area contributed by atoms with Crippen molar-refractivity contribution in [2.24, 2.45) is 0 Å². The second-order valence-electron chi connectivity index (χ2n) is 13.2. The number of aliphatic carboxylic acids is 1. The molecule has 1 unspecified atom stereocenters. The monoisotopic (exact) mass is 691 g/mol. The lowest BCUT2D eigenvalue weighted by Gasteiger charge is -2.45. The van der Waals surface area contributed by atoms with Gasteiger partial charge in [0.2, 0.25) is 11.7 Å². The van der Waals surface area contributed by atoms with Gasteiger partial charge in [-0.25, -0.2) is 8.78 Å². The Kier molecular flexibility index (Phi) is 10.9. The molecule has 2 heterocycles. The number of aliphatic hydroxyl groups excluding tert-OH is 1. The van der Waals surface area contributed by atoms with Gasteiger partial charge < -0.3 is 30.1 Å². The number of hydrogen-bond acceptors (Lipinski definition) is 6. The molecule has 2 aliphatic heterocycles. The van der Waals surface area contributed by atoms with E-state index in [0.29, 0.717) is 44.0 Å². The first kappa shape index (κ1) is 35.2. The molecule has 3 aromatic carbocycles. The van der Waals surface area contributed by atoms with E-state index in [9.17, 15) is 32.7 Å². The summed E-state index contributed by atoms with van der Waals surface area (Å²) in [5, 5.41) is 22.7. The Labute approximate surface area is 288 Å². The van der Waals surface area contributed by atoms with Crippen LogP contribution in [0.2, 0.25) is 0 Å². The summed E-state index contributed by atoms with van der Waals surface area (Å²) < 4.78 is 46.6. The van der Waals surface area contributed by atoms with Crippen molar-refractivity contribution in [1.82, 2.24) is 15.1 Å². The van der Waals surface area contributed by atoms with Gasteiger partial charge in [0.15, 0.2) is 17.4 Å². The second-order valence-corrected chi connectivity index (χ2v) is 13.2. The lowest BCUT2D eigenvalue weighted by atomic mass is 9.82. The maximum absolute atomic E-state index is 14.6. The van der Waals surface area contributed by atoms with Crippen molar-refractivity contribution >= 4 is 23.4 Å². The van der Waals surface area contributed by atoms with E-state index in [-0.39, 0.29) is 43.5 Å². The standard InChI is InChI=1S/C38H40F3N3O6/c39-30-14-15-31(40)37(36(30)41)50-16-4-7-23-8-10-25(11-9-23)29-17-26-21-43(33(46)18-28(45)19-34(47)48)22-32(42-26)35(29)38(49)44(27-12-13-27)20-24-5-2-1-3-6-24/h1-3,5-6,8-11,14-15,26-28,32,42,45H,4,7,12-13,16-22H2,(H,47,48)/t26-,28?,32-/m1/s1. The van der Waals surface area contributed by atoms with E-state index in [1.54, 1.807) is 4.90 Å². The van der Waals surface area contributed by atoms with E-state index < -0.39 is 47.7 Å². The van der Waals surface area contributed by atoms with Gasteiger partial charge in [-0.3, -0.25) is 14.4 Å². The van der Waals surface area contributed by atoms with Crippen molar-refractivity contribution in [1.29, 1.82) is 0 Å². The predicted molar refractivity (Wildman–Crippen MR) is 178 cm³/mol. The zero-order valence-corrected chi connectivity index (χ0v) is 27.5. The Morgan fingerprint density at radius 1 is 0.920 bits per heavy atom. The number of benzene rings is 3. The highest BCUT2D eigenvalue weighted by molar-refractivity contribution is 6.03. The second kappa shape index (κ2) is 15.5. The van der Waals surface area contributed by atoms with Crippen LogP contribution in [0.1, 0.15) is 55.2 Å². The van der Waals surface area contributed by atoms with E-state index in [4.69, 9.17) is 9.84 Å². The molecule has 6 rings (SSSR count). The third-order valence-corrected chi connectivity index (χ3v) is 9.41. The molecule has 2 amide bonds. The number of carboxylic acid groups (broad SMARTS) is 1. The molecule has 264 valence electrons. The fraction of sp³-hybridized carbons (Fsp3) is 0.395. The van der Waals surface area contributed by atoms with E-state index in [1.807, 2.05) is 59.5 Å². The molecule has 9 nitrogen and oxygen atoms in total. The number of carbonyl (C=O) groups excluding carboxylic acids is 2. The molecule has 3 atom stereocenters. The summed E-state index contributed by atoms with van der Waals surface area (Å²) in [7, 11) is 0. The number of hydrogen-bond donors (Lipinski definition) is 3. The van der Waals surface area contributed by atoms with Crippen molar-refractivity contribution < 1.29 is 42.5 Å². The fourth-order valence-corrected chi connectivity index (χ4v) is 6.83. The molecule has 0 spiro atoms. The van der Waals surface area contributed by atoms with E-state index in [1.165, 1.54) is 0 Å². The smallest absolute Gasteiger partial charge is 0.305 e. The largest absolute Gasteiger partial charge is 0.488 e. The number of ether oxygens (including phenoxy) is 1. The number of aliphatic hydroxyl groups is 1. The number of nitrogens with one attached hydrogen (secondary N) is 1. The summed E-state index contributed by atoms with van der Waals surface area (Å²) in [6.45, 7) is 0.986. The zero-order valence-electron chi connectivity index (χ0n) is 27.5. The SMILES string of the molecule is O=C(O)CC(O)CC(=O)N1C[C@H]2CC(c3ccc(CCCOc4c(F)ccc(F)c4F)cc3)=C(C(=O)N(Cc3ccccc3)C3CC3)[C@@H](C1)N2. The highest BCUT2D eigenvalue weighted by Gasteiger charge is 2.43. The number of halogens is 3. The lowest BCUT2D eigenvalue weighted by Crippen LogP contribution is -2.62. The average molecular weight is 692 g/mol. The van der Waals surface area contributed by atoms with Gasteiger partial charge in [-0.15, -0.1) is 0 Å². The first-order valence-corrected chi connectivity index (χ1v) is 16.9. The normalized spacial score (nSPS) is 19.2. The molecule has 1 aliphatic carbocycles. The van der Waals surface area contributed by atoms with Crippen LogP contribution in [-0.4, -0.2) is 81.7 Å². The lowest BCUT2D eigenvalue weighted by molar-refractivity contribution is -0.141. The minimum atomic E-state index is -1.35. The Morgan fingerprint density at radius 3 is 2.34 bits per heavy atom. The van der Waals surface area contributed by atoms with Gasteiger partial charge in [0.25, 0.3) is 5.91 Å². The van der Waals surface area contributed by atoms with Gasteiger partial charge in [-0.2, -0.15) is 4.39 Å². The van der Waals surface area contributed by atoms with Gasteiger partial charge >= 0.3 is 5.97 Å². The highest BCUT2D eigenvalue weighted by Crippen LogP contribution is 2.37. The molecule has 2 bridgehead atoms. The van der Waals surface area contributed by atoms with Crippen LogP contribution in [-0.2, 0) is 27.3 Å². The number of nitrogens with zero attached hydrogens (tertiary/aromatic N) is 2. The maximum Gasteiger partial charge on any atom is 0.305 e. The van der Waals surface area contributed by atoms with Crippen LogP contribution in [0.4, 0.5) is 13.2 Å². The van der Waals surface area contributed by atoms with Crippen molar-refractivity contribution in [3.63, 3.8) is 0 Å². The quantitative estimate of drug-likeness (QED) is 0.163. The van der Waals surface area contributed by atoms with Crippen LogP contribution < -0.4 is 10.1 Å². The van der Waals surface area contributed by atoms with Gasteiger partial charge in [0, 0.05) is 37.3 Å². The van der Waals surface area contributed by atoms with E-state index >= 15 is 0 Å². The first-order valence-electron chi connectivity index (χ1n) is 16.9. The Balaban J connectivity index is 1.22. The van der Waals surface area contributed by atoms with Crippen LogP contribution >= 0.6 is 0 Å².